The molecule has 2 rings (SSSR count). The highest BCUT2D eigenvalue weighted by molar-refractivity contribution is 5.99. The molecule has 1 aromatic rings. The summed E-state index contributed by atoms with van der Waals surface area (Å²) in [6.07, 6.45) is 2.03. The monoisotopic (exact) mass is 275 g/mol. The predicted molar refractivity (Wildman–Crippen MR) is 79.5 cm³/mol. The third-order valence-corrected chi connectivity index (χ3v) is 3.74. The summed E-state index contributed by atoms with van der Waals surface area (Å²) in [5.41, 5.74) is 6.51. The van der Waals surface area contributed by atoms with Crippen molar-refractivity contribution in [2.24, 2.45) is 5.73 Å². The van der Waals surface area contributed by atoms with Gasteiger partial charge in [0.2, 0.25) is 11.8 Å². The fourth-order valence-corrected chi connectivity index (χ4v) is 2.11. The Labute approximate surface area is 119 Å². The summed E-state index contributed by atoms with van der Waals surface area (Å²) in [5, 5.41) is 2.81. The molecular formula is C15H21N3O2. The van der Waals surface area contributed by atoms with E-state index in [9.17, 15) is 9.59 Å². The average molecular weight is 275 g/mol. The minimum Gasteiger partial charge on any atom is -0.324 e. The van der Waals surface area contributed by atoms with Gasteiger partial charge in [-0.3, -0.25) is 9.59 Å². The van der Waals surface area contributed by atoms with Crippen LogP contribution in [0.2, 0.25) is 0 Å². The molecule has 5 nitrogen and oxygen atoms in total. The number of anilines is 2. The highest BCUT2D eigenvalue weighted by Gasteiger charge is 2.26. The van der Waals surface area contributed by atoms with Gasteiger partial charge in [0.25, 0.3) is 0 Å². The molecule has 1 aromatic carbocycles. The summed E-state index contributed by atoms with van der Waals surface area (Å²) < 4.78 is 0. The number of benzene rings is 1. The van der Waals surface area contributed by atoms with E-state index in [4.69, 9.17) is 5.73 Å². The van der Waals surface area contributed by atoms with E-state index >= 15 is 0 Å². The SMILES string of the molecule is CCC(C)(N)C(=O)Nc1cccc(N2CCCC2=O)c1. The fraction of sp³-hybridized carbons (Fsp3) is 0.467. The zero-order valence-electron chi connectivity index (χ0n) is 12.0. The largest absolute Gasteiger partial charge is 0.324 e. The molecule has 0 saturated carbocycles. The Morgan fingerprint density at radius 3 is 2.85 bits per heavy atom. The van der Waals surface area contributed by atoms with Gasteiger partial charge in [0.1, 0.15) is 0 Å². The number of nitrogens with one attached hydrogen (secondary N) is 1. The quantitative estimate of drug-likeness (QED) is 0.881. The van der Waals surface area contributed by atoms with Crippen LogP contribution in [0.3, 0.4) is 0 Å². The van der Waals surface area contributed by atoms with Crippen molar-refractivity contribution in [1.82, 2.24) is 0 Å². The van der Waals surface area contributed by atoms with Crippen molar-refractivity contribution in [2.45, 2.75) is 38.6 Å². The average Bonchev–Trinajstić information content (AvgIpc) is 2.85. The zero-order chi connectivity index (χ0) is 14.8. The minimum absolute atomic E-state index is 0.130. The normalized spacial score (nSPS) is 17.9. The van der Waals surface area contributed by atoms with Gasteiger partial charge in [-0.05, 0) is 38.0 Å². The van der Waals surface area contributed by atoms with Crippen LogP contribution in [0.4, 0.5) is 11.4 Å². The molecule has 20 heavy (non-hydrogen) atoms. The maximum Gasteiger partial charge on any atom is 0.244 e. The Bertz CT molecular complexity index is 526. The van der Waals surface area contributed by atoms with Crippen LogP contribution in [0.5, 0.6) is 0 Å². The summed E-state index contributed by atoms with van der Waals surface area (Å²) in [7, 11) is 0. The summed E-state index contributed by atoms with van der Waals surface area (Å²) in [4.78, 5) is 25.5. The van der Waals surface area contributed by atoms with E-state index in [-0.39, 0.29) is 11.8 Å². The molecular weight excluding hydrogens is 254 g/mol. The van der Waals surface area contributed by atoms with Crippen molar-refractivity contribution >= 4 is 23.2 Å². The van der Waals surface area contributed by atoms with Gasteiger partial charge in [0.15, 0.2) is 0 Å². The van der Waals surface area contributed by atoms with Gasteiger partial charge in [-0.1, -0.05) is 13.0 Å². The van der Waals surface area contributed by atoms with Gasteiger partial charge in [-0.15, -0.1) is 0 Å². The molecule has 0 spiro atoms. The zero-order valence-corrected chi connectivity index (χ0v) is 12.0. The molecule has 0 bridgehead atoms. The van der Waals surface area contributed by atoms with Crippen LogP contribution in [-0.2, 0) is 9.59 Å². The lowest BCUT2D eigenvalue weighted by Crippen LogP contribution is -2.47. The van der Waals surface area contributed by atoms with Gasteiger partial charge in [0.05, 0.1) is 5.54 Å². The molecule has 3 N–H and O–H groups in total. The molecule has 108 valence electrons. The van der Waals surface area contributed by atoms with Crippen molar-refractivity contribution in [3.8, 4) is 0 Å². The van der Waals surface area contributed by atoms with Crippen molar-refractivity contribution in [1.29, 1.82) is 0 Å². The molecule has 1 unspecified atom stereocenters. The minimum atomic E-state index is -0.889. The van der Waals surface area contributed by atoms with Crippen molar-refractivity contribution in [3.63, 3.8) is 0 Å². The first kappa shape index (κ1) is 14.5. The molecule has 5 heteroatoms. The van der Waals surface area contributed by atoms with Gasteiger partial charge in [0, 0.05) is 24.3 Å². The van der Waals surface area contributed by atoms with E-state index in [1.165, 1.54) is 0 Å². The highest BCUT2D eigenvalue weighted by Crippen LogP contribution is 2.24. The van der Waals surface area contributed by atoms with Crippen LogP contribution in [0.15, 0.2) is 24.3 Å². The van der Waals surface area contributed by atoms with Crippen LogP contribution in [0, 0.1) is 0 Å². The standard InChI is InChI=1S/C15H21N3O2/c1-3-15(2,16)14(20)17-11-6-4-7-12(10-11)18-9-5-8-13(18)19/h4,6-7,10H,3,5,8-9,16H2,1-2H3,(H,17,20). The molecule has 1 fully saturated rings. The van der Waals surface area contributed by atoms with Gasteiger partial charge < -0.3 is 16.0 Å². The van der Waals surface area contributed by atoms with E-state index in [1.54, 1.807) is 17.9 Å². The number of amides is 2. The summed E-state index contributed by atoms with van der Waals surface area (Å²) in [5.74, 6) is -0.0874. The number of hydrogen-bond donors (Lipinski definition) is 2. The van der Waals surface area contributed by atoms with Crippen molar-refractivity contribution < 1.29 is 9.59 Å². The topological polar surface area (TPSA) is 75.4 Å². The molecule has 1 saturated heterocycles. The molecule has 0 radical (unpaired) electrons. The number of rotatable bonds is 4. The molecule has 1 aliphatic rings. The van der Waals surface area contributed by atoms with E-state index < -0.39 is 5.54 Å². The highest BCUT2D eigenvalue weighted by atomic mass is 16.2. The number of nitrogens with zero attached hydrogens (tertiary/aromatic N) is 1. The number of hydrogen-bond acceptors (Lipinski definition) is 3. The fourth-order valence-electron chi connectivity index (χ4n) is 2.11. The van der Waals surface area contributed by atoms with Crippen molar-refractivity contribution in [2.75, 3.05) is 16.8 Å². The lowest BCUT2D eigenvalue weighted by Gasteiger charge is -2.22. The van der Waals surface area contributed by atoms with Crippen LogP contribution >= 0.6 is 0 Å². The van der Waals surface area contributed by atoms with Crippen LogP contribution in [-0.4, -0.2) is 23.9 Å². The second kappa shape index (κ2) is 5.63. The maximum absolute atomic E-state index is 12.0. The third-order valence-electron chi connectivity index (χ3n) is 3.74. The molecule has 1 atom stereocenters. The number of carbonyl (C=O) groups is 2. The Morgan fingerprint density at radius 2 is 2.25 bits per heavy atom. The first-order valence-electron chi connectivity index (χ1n) is 6.95. The number of carbonyl (C=O) groups excluding carboxylic acids is 2. The summed E-state index contributed by atoms with van der Waals surface area (Å²) >= 11 is 0. The lowest BCUT2D eigenvalue weighted by molar-refractivity contribution is -0.120. The van der Waals surface area contributed by atoms with Crippen LogP contribution in [0.25, 0.3) is 0 Å². The Morgan fingerprint density at radius 1 is 1.50 bits per heavy atom. The molecule has 0 aliphatic carbocycles. The summed E-state index contributed by atoms with van der Waals surface area (Å²) in [6, 6.07) is 7.32. The van der Waals surface area contributed by atoms with Gasteiger partial charge in [-0.2, -0.15) is 0 Å². The smallest absolute Gasteiger partial charge is 0.244 e. The predicted octanol–water partition coefficient (Wildman–Crippen LogP) is 1.88. The van der Waals surface area contributed by atoms with Gasteiger partial charge >= 0.3 is 0 Å². The first-order chi connectivity index (χ1) is 9.44. The maximum atomic E-state index is 12.0. The Hall–Kier alpha value is -1.88. The molecule has 0 aromatic heterocycles. The van der Waals surface area contributed by atoms with Crippen LogP contribution < -0.4 is 16.0 Å². The Balaban J connectivity index is 2.14. The Kier molecular flexibility index (Phi) is 4.09. The number of nitrogens with two attached hydrogens (primary N) is 1. The van der Waals surface area contributed by atoms with Gasteiger partial charge in [-0.25, -0.2) is 0 Å². The lowest BCUT2D eigenvalue weighted by atomic mass is 9.99. The van der Waals surface area contributed by atoms with E-state index in [1.807, 2.05) is 25.1 Å². The molecule has 1 heterocycles. The second-order valence-electron chi connectivity index (χ2n) is 5.42. The first-order valence-corrected chi connectivity index (χ1v) is 6.95. The molecule has 1 aliphatic heterocycles. The third kappa shape index (κ3) is 2.99. The van der Waals surface area contributed by atoms with E-state index in [2.05, 4.69) is 5.32 Å². The van der Waals surface area contributed by atoms with E-state index in [0.717, 1.165) is 18.7 Å². The summed E-state index contributed by atoms with van der Waals surface area (Å²) in [6.45, 7) is 4.31. The van der Waals surface area contributed by atoms with Crippen LogP contribution in [0.1, 0.15) is 33.1 Å². The second-order valence-corrected chi connectivity index (χ2v) is 5.42. The molecule has 2 amide bonds. The van der Waals surface area contributed by atoms with E-state index in [0.29, 0.717) is 18.5 Å². The van der Waals surface area contributed by atoms with Crippen molar-refractivity contribution in [3.05, 3.63) is 24.3 Å².